The predicted molar refractivity (Wildman–Crippen MR) is 118 cm³/mol. The minimum Gasteiger partial charge on any atom is -0.497 e. The van der Waals surface area contributed by atoms with Crippen molar-refractivity contribution in [3.05, 3.63) is 89.5 Å². The predicted octanol–water partition coefficient (Wildman–Crippen LogP) is 5.90. The molecule has 5 heteroatoms. The Bertz CT molecular complexity index is 1010. The van der Waals surface area contributed by atoms with Crippen molar-refractivity contribution >= 4 is 18.1 Å². The summed E-state index contributed by atoms with van der Waals surface area (Å²) in [7, 11) is 1.63. The van der Waals surface area contributed by atoms with Gasteiger partial charge in [-0.15, -0.1) is 0 Å². The summed E-state index contributed by atoms with van der Waals surface area (Å²) in [6.45, 7) is 3.50. The fraction of sp³-hybridized carbons (Fsp3) is 0.160. The summed E-state index contributed by atoms with van der Waals surface area (Å²) in [6, 6.07) is 22.0. The molecule has 0 aliphatic carbocycles. The summed E-state index contributed by atoms with van der Waals surface area (Å²) in [6.07, 6.45) is 3.93. The van der Waals surface area contributed by atoms with Crippen LogP contribution in [0.4, 0.5) is 0 Å². The Labute approximate surface area is 176 Å². The first-order valence-electron chi connectivity index (χ1n) is 9.69. The van der Waals surface area contributed by atoms with Crippen LogP contribution in [0.25, 0.3) is 12.2 Å². The van der Waals surface area contributed by atoms with Crippen molar-refractivity contribution in [2.45, 2.75) is 19.9 Å². The zero-order valence-corrected chi connectivity index (χ0v) is 17.3. The molecule has 0 aromatic heterocycles. The Kier molecular flexibility index (Phi) is 6.88. The lowest BCUT2D eigenvalue weighted by molar-refractivity contribution is -0.0794. The fourth-order valence-electron chi connectivity index (χ4n) is 2.76. The third-order valence-electron chi connectivity index (χ3n) is 4.48. The molecule has 5 nitrogen and oxygen atoms in total. The van der Waals surface area contributed by atoms with Crippen molar-refractivity contribution in [2.75, 3.05) is 7.11 Å². The molecule has 0 bridgehead atoms. The number of ether oxygens (including phenoxy) is 2. The second-order valence-electron chi connectivity index (χ2n) is 7.05. The number of nitrogens with zero attached hydrogens (tertiary/aromatic N) is 1. The first-order chi connectivity index (χ1) is 14.5. The van der Waals surface area contributed by atoms with E-state index in [2.05, 4.69) is 0 Å². The molecule has 1 N–H and O–H groups in total. The molecule has 0 heterocycles. The first-order valence-corrected chi connectivity index (χ1v) is 9.69. The summed E-state index contributed by atoms with van der Waals surface area (Å²) in [4.78, 5) is 12.1. The van der Waals surface area contributed by atoms with E-state index < -0.39 is 5.91 Å². The molecule has 3 rings (SSSR count). The zero-order chi connectivity index (χ0) is 21.5. The summed E-state index contributed by atoms with van der Waals surface area (Å²) < 4.78 is 11.1. The van der Waals surface area contributed by atoms with Crippen molar-refractivity contribution < 1.29 is 19.5 Å². The number of amides is 1. The highest BCUT2D eigenvalue weighted by Crippen LogP contribution is 2.25. The van der Waals surface area contributed by atoms with E-state index in [4.69, 9.17) is 9.47 Å². The van der Waals surface area contributed by atoms with Crippen molar-refractivity contribution in [3.8, 4) is 17.2 Å². The maximum atomic E-state index is 12.1. The number of rotatable bonds is 7. The van der Waals surface area contributed by atoms with Gasteiger partial charge in [-0.25, -0.2) is 5.06 Å². The Hall–Kier alpha value is -3.57. The normalized spacial score (nSPS) is 11.0. The van der Waals surface area contributed by atoms with Crippen LogP contribution in [0.2, 0.25) is 0 Å². The minimum atomic E-state index is -0.413. The largest absolute Gasteiger partial charge is 0.497 e. The summed E-state index contributed by atoms with van der Waals surface area (Å²) in [5.41, 5.74) is 2.38. The molecule has 0 spiro atoms. The molecule has 0 saturated heterocycles. The van der Waals surface area contributed by atoms with Crippen LogP contribution in [0.15, 0.2) is 72.8 Å². The average Bonchev–Trinajstić information content (AvgIpc) is 2.78. The van der Waals surface area contributed by atoms with Crippen LogP contribution >= 0.6 is 0 Å². The van der Waals surface area contributed by atoms with Gasteiger partial charge in [0.2, 0.25) is 0 Å². The van der Waals surface area contributed by atoms with E-state index in [9.17, 15) is 10.0 Å². The minimum absolute atomic E-state index is 0.274. The average molecular weight is 403 g/mol. The van der Waals surface area contributed by atoms with Crippen molar-refractivity contribution in [1.29, 1.82) is 0 Å². The highest BCUT2D eigenvalue weighted by molar-refractivity contribution is 5.93. The van der Waals surface area contributed by atoms with Gasteiger partial charge in [-0.1, -0.05) is 36.4 Å². The molecule has 3 aromatic rings. The van der Waals surface area contributed by atoms with Gasteiger partial charge in [-0.05, 0) is 73.5 Å². The van der Waals surface area contributed by atoms with Crippen LogP contribution < -0.4 is 9.47 Å². The van der Waals surface area contributed by atoms with Gasteiger partial charge in [0.05, 0.1) is 13.2 Å². The Morgan fingerprint density at radius 3 is 2.13 bits per heavy atom. The summed E-state index contributed by atoms with van der Waals surface area (Å²) >= 11 is 0. The molecule has 0 atom stereocenters. The Balaban J connectivity index is 1.67. The van der Waals surface area contributed by atoms with E-state index >= 15 is 0 Å². The number of benzene rings is 3. The quantitative estimate of drug-likeness (QED) is 0.303. The molecule has 3 aromatic carbocycles. The number of hydrogen-bond acceptors (Lipinski definition) is 4. The fourth-order valence-corrected chi connectivity index (χ4v) is 2.76. The molecule has 30 heavy (non-hydrogen) atoms. The molecular formula is C25H25NO4. The number of carbonyl (C=O) groups excluding carboxylic acids is 1. The number of carbonyl (C=O) groups is 1. The topological polar surface area (TPSA) is 59.0 Å². The summed E-state index contributed by atoms with van der Waals surface area (Å²) in [5, 5.41) is 10.5. The lowest BCUT2D eigenvalue weighted by Crippen LogP contribution is -2.33. The highest BCUT2D eigenvalue weighted by Gasteiger charge is 2.15. The maximum Gasteiger partial charge on any atom is 0.277 e. The lowest BCUT2D eigenvalue weighted by Gasteiger charge is -2.18. The van der Waals surface area contributed by atoms with Gasteiger partial charge in [-0.2, -0.15) is 0 Å². The van der Waals surface area contributed by atoms with E-state index in [0.29, 0.717) is 5.56 Å². The van der Waals surface area contributed by atoms with Crippen molar-refractivity contribution in [2.24, 2.45) is 0 Å². The van der Waals surface area contributed by atoms with E-state index in [1.54, 1.807) is 33.1 Å². The second-order valence-corrected chi connectivity index (χ2v) is 7.05. The maximum absolute atomic E-state index is 12.1. The number of methoxy groups -OCH3 is 1. The molecule has 0 fully saturated rings. The van der Waals surface area contributed by atoms with Crippen LogP contribution in [0.5, 0.6) is 17.2 Å². The van der Waals surface area contributed by atoms with Gasteiger partial charge in [0, 0.05) is 5.56 Å². The SMILES string of the molecule is COc1ccc(Oc2cccc(C=Cc3ccc(C(=O)N(O)C(C)C)cc3)c2)cc1. The Morgan fingerprint density at radius 1 is 0.867 bits per heavy atom. The Morgan fingerprint density at radius 2 is 1.50 bits per heavy atom. The van der Waals surface area contributed by atoms with Gasteiger partial charge < -0.3 is 9.47 Å². The van der Waals surface area contributed by atoms with E-state index in [1.165, 1.54) is 0 Å². The zero-order valence-electron chi connectivity index (χ0n) is 17.3. The van der Waals surface area contributed by atoms with Crippen LogP contribution in [0.3, 0.4) is 0 Å². The van der Waals surface area contributed by atoms with Crippen LogP contribution in [-0.2, 0) is 0 Å². The third kappa shape index (κ3) is 5.49. The smallest absolute Gasteiger partial charge is 0.277 e. The third-order valence-corrected chi connectivity index (χ3v) is 4.48. The molecule has 0 aliphatic heterocycles. The molecule has 0 saturated carbocycles. The van der Waals surface area contributed by atoms with Crippen molar-refractivity contribution in [1.82, 2.24) is 5.06 Å². The lowest BCUT2D eigenvalue weighted by atomic mass is 10.1. The molecular weight excluding hydrogens is 378 g/mol. The van der Waals surface area contributed by atoms with Crippen LogP contribution in [-0.4, -0.2) is 29.3 Å². The standard InChI is InChI=1S/C25H25NO4/c1-18(2)26(28)25(27)21-11-9-19(10-12-21)7-8-20-5-4-6-24(17-20)30-23-15-13-22(29-3)14-16-23/h4-18,28H,1-3H3. The van der Waals surface area contributed by atoms with Gasteiger partial charge in [0.15, 0.2) is 0 Å². The van der Waals surface area contributed by atoms with Crippen LogP contribution in [0, 0.1) is 0 Å². The van der Waals surface area contributed by atoms with Gasteiger partial charge >= 0.3 is 0 Å². The van der Waals surface area contributed by atoms with Gasteiger partial charge in [0.1, 0.15) is 17.2 Å². The van der Waals surface area contributed by atoms with E-state index in [0.717, 1.165) is 33.4 Å². The second kappa shape index (κ2) is 9.76. The van der Waals surface area contributed by atoms with Gasteiger partial charge in [-0.3, -0.25) is 10.0 Å². The monoisotopic (exact) mass is 403 g/mol. The molecule has 0 aliphatic rings. The number of hydroxylamine groups is 2. The molecule has 0 radical (unpaired) electrons. The van der Waals surface area contributed by atoms with Crippen molar-refractivity contribution in [3.63, 3.8) is 0 Å². The van der Waals surface area contributed by atoms with E-state index in [-0.39, 0.29) is 6.04 Å². The highest BCUT2D eigenvalue weighted by atomic mass is 16.5. The van der Waals surface area contributed by atoms with E-state index in [1.807, 2.05) is 72.8 Å². The molecule has 154 valence electrons. The number of hydrogen-bond donors (Lipinski definition) is 1. The van der Waals surface area contributed by atoms with Gasteiger partial charge in [0.25, 0.3) is 5.91 Å². The first kappa shape index (κ1) is 21.1. The molecule has 1 amide bonds. The summed E-state index contributed by atoms with van der Waals surface area (Å²) in [5.74, 6) is 1.84. The van der Waals surface area contributed by atoms with Crippen LogP contribution in [0.1, 0.15) is 35.3 Å². The molecule has 0 unspecified atom stereocenters.